The summed E-state index contributed by atoms with van der Waals surface area (Å²) < 4.78 is 42.7. The molecule has 4 aromatic rings. The molecule has 2 aromatic heterocycles. The second kappa shape index (κ2) is 20.6. The van der Waals surface area contributed by atoms with Crippen LogP contribution in [0.25, 0.3) is 0 Å². The number of alkyl halides is 3. The maximum atomic E-state index is 14.5. The standard InChI is InChI=1S/C18H17FN4O2S.C14H20ClNO2.C11H13Cl2NO3/c1-4-5-22-13-7-12(11(19)6-14(13)25-9-16(22)24)20-17-23-10-18(2,3)8-15(23)21-26-17;1-4-12-8-6-7-11(3)14(12)16(10-18-5-2)13(17)9-15;1-11(2)14(10(15)9(12)13)6-8(17-11)7-4-3-5-16-7/h1,6-7H,5,8-10H2,2-3H3;6-8H,4-5,9-10H2,1-3H3;3-5,8-9H,6H2,1-2H3/b20-17-;;. The number of anilines is 2. The molecule has 0 spiro atoms. The average molecular weight is 920 g/mol. The van der Waals surface area contributed by atoms with Gasteiger partial charge in [-0.15, -0.1) is 18.0 Å². The molecule has 18 heteroatoms. The van der Waals surface area contributed by atoms with Crippen LogP contribution >= 0.6 is 46.3 Å². The molecule has 5 heterocycles. The summed E-state index contributed by atoms with van der Waals surface area (Å²) in [7, 11) is 0. The fourth-order valence-corrected chi connectivity index (χ4v) is 8.22. The van der Waals surface area contributed by atoms with E-state index in [0.29, 0.717) is 35.2 Å². The van der Waals surface area contributed by atoms with Crippen molar-refractivity contribution < 1.29 is 37.4 Å². The van der Waals surface area contributed by atoms with Crippen LogP contribution in [0.1, 0.15) is 70.4 Å². The molecule has 0 bridgehead atoms. The molecular formula is C43H50Cl3FN6O7S. The smallest absolute Gasteiger partial charge is 0.265 e. The van der Waals surface area contributed by atoms with E-state index in [1.807, 2.05) is 42.7 Å². The quantitative estimate of drug-likeness (QED) is 0.0887. The monoisotopic (exact) mass is 918 g/mol. The van der Waals surface area contributed by atoms with E-state index >= 15 is 0 Å². The largest absolute Gasteiger partial charge is 0.481 e. The lowest BCUT2D eigenvalue weighted by Gasteiger charge is -2.29. The number of amides is 3. The summed E-state index contributed by atoms with van der Waals surface area (Å²) in [6, 6.07) is 12.4. The molecule has 328 valence electrons. The first kappa shape index (κ1) is 47.6. The summed E-state index contributed by atoms with van der Waals surface area (Å²) in [5.41, 5.74) is 3.06. The molecule has 1 fully saturated rings. The number of halogens is 4. The number of para-hydroxylation sites is 1. The van der Waals surface area contributed by atoms with Gasteiger partial charge in [0.1, 0.15) is 47.5 Å². The molecule has 1 atom stereocenters. The molecule has 2 aromatic carbocycles. The minimum Gasteiger partial charge on any atom is -0.481 e. The molecule has 7 rings (SSSR count). The molecule has 0 aliphatic carbocycles. The topological polar surface area (TPSA) is 132 Å². The zero-order chi connectivity index (χ0) is 44.6. The first-order valence-electron chi connectivity index (χ1n) is 19.6. The van der Waals surface area contributed by atoms with E-state index in [4.69, 9.17) is 59.9 Å². The molecule has 61 heavy (non-hydrogen) atoms. The summed E-state index contributed by atoms with van der Waals surface area (Å²) >= 11 is 18.1. The van der Waals surface area contributed by atoms with Gasteiger partial charge in [-0.2, -0.15) is 4.37 Å². The highest BCUT2D eigenvalue weighted by atomic mass is 35.5. The predicted octanol–water partition coefficient (Wildman–Crippen LogP) is 8.10. The number of hydrogen-bond acceptors (Lipinski definition) is 10. The third kappa shape index (κ3) is 11.3. The Kier molecular flexibility index (Phi) is 16.1. The highest BCUT2D eigenvalue weighted by molar-refractivity contribution is 7.02. The summed E-state index contributed by atoms with van der Waals surface area (Å²) in [6.07, 6.45) is 8.38. The maximum Gasteiger partial charge on any atom is 0.265 e. The van der Waals surface area contributed by atoms with E-state index in [1.54, 1.807) is 31.1 Å². The lowest BCUT2D eigenvalue weighted by Crippen LogP contribution is -2.45. The fraction of sp³-hybridized carbons (Fsp3) is 0.465. The van der Waals surface area contributed by atoms with Crippen molar-refractivity contribution in [2.24, 2.45) is 10.4 Å². The summed E-state index contributed by atoms with van der Waals surface area (Å²) in [4.78, 5) is 44.4. The second-order valence-electron chi connectivity index (χ2n) is 15.5. The molecule has 0 radical (unpaired) electrons. The van der Waals surface area contributed by atoms with Crippen molar-refractivity contribution in [3.05, 3.63) is 82.1 Å². The molecule has 0 N–H and O–H groups in total. The number of terminal acetylenes is 1. The SMILES string of the molecule is C#CCN1C(=O)COc2cc(F)c(/N=c3\snc4n3CC(C)(C)C4)cc21.CC1(C)OC(c2ccco2)CN1C(=O)C(Cl)Cl.CCOCN(C(=O)CCl)c1c(C)cccc1CC. The number of carbonyl (C=O) groups excluding carboxylic acids is 3. The highest BCUT2D eigenvalue weighted by Gasteiger charge is 2.45. The average Bonchev–Trinajstić information content (AvgIpc) is 4.01. The van der Waals surface area contributed by atoms with Crippen molar-refractivity contribution in [1.29, 1.82) is 0 Å². The number of aryl methyl sites for hydroxylation is 2. The highest BCUT2D eigenvalue weighted by Crippen LogP contribution is 2.39. The Morgan fingerprint density at radius 1 is 1.18 bits per heavy atom. The van der Waals surface area contributed by atoms with E-state index < -0.39 is 16.4 Å². The number of benzene rings is 2. The Morgan fingerprint density at radius 2 is 1.93 bits per heavy atom. The van der Waals surface area contributed by atoms with Gasteiger partial charge in [0, 0.05) is 37.2 Å². The summed E-state index contributed by atoms with van der Waals surface area (Å²) in [5, 5.41) is 0. The Hall–Kier alpha value is -4.43. The molecule has 3 amide bonds. The second-order valence-corrected chi connectivity index (χ2v) is 17.6. The van der Waals surface area contributed by atoms with Gasteiger partial charge in [-0.1, -0.05) is 68.1 Å². The van der Waals surface area contributed by atoms with Crippen molar-refractivity contribution in [3.63, 3.8) is 0 Å². The van der Waals surface area contributed by atoms with Crippen LogP contribution in [-0.2, 0) is 43.2 Å². The molecule has 3 aliphatic heterocycles. The Labute approximate surface area is 374 Å². The first-order valence-corrected chi connectivity index (χ1v) is 21.8. The van der Waals surface area contributed by atoms with Crippen LogP contribution in [0.2, 0.25) is 0 Å². The van der Waals surface area contributed by atoms with Crippen molar-refractivity contribution >= 4 is 81.1 Å². The normalized spacial score (nSPS) is 17.4. The van der Waals surface area contributed by atoms with Crippen LogP contribution in [-0.4, -0.2) is 81.0 Å². The van der Waals surface area contributed by atoms with Gasteiger partial charge in [0.15, 0.2) is 17.3 Å². The van der Waals surface area contributed by atoms with Gasteiger partial charge in [-0.25, -0.2) is 9.38 Å². The van der Waals surface area contributed by atoms with Crippen LogP contribution in [0, 0.1) is 30.5 Å². The number of aromatic nitrogens is 2. The Morgan fingerprint density at radius 3 is 2.57 bits per heavy atom. The van der Waals surface area contributed by atoms with Gasteiger partial charge in [0.2, 0.25) is 10.7 Å². The van der Waals surface area contributed by atoms with Crippen LogP contribution in [0.5, 0.6) is 5.75 Å². The van der Waals surface area contributed by atoms with Gasteiger partial charge in [0.05, 0.1) is 30.7 Å². The van der Waals surface area contributed by atoms with Crippen LogP contribution in [0.4, 0.5) is 21.5 Å². The van der Waals surface area contributed by atoms with E-state index in [0.717, 1.165) is 42.0 Å². The third-order valence-corrected chi connectivity index (χ3v) is 11.4. The van der Waals surface area contributed by atoms with Crippen molar-refractivity contribution in [2.75, 3.05) is 48.7 Å². The third-order valence-electron chi connectivity index (χ3n) is 9.99. The molecule has 1 unspecified atom stereocenters. The Bertz CT molecular complexity index is 2310. The van der Waals surface area contributed by atoms with Gasteiger partial charge in [-0.3, -0.25) is 24.2 Å². The number of nitrogens with zero attached hydrogens (tertiary/aromatic N) is 6. The molecule has 13 nitrogen and oxygen atoms in total. The molecule has 0 saturated carbocycles. The van der Waals surface area contributed by atoms with Gasteiger partial charge >= 0.3 is 0 Å². The predicted molar refractivity (Wildman–Crippen MR) is 235 cm³/mol. The minimum absolute atomic E-state index is 0.0371. The van der Waals surface area contributed by atoms with E-state index in [-0.39, 0.29) is 60.7 Å². The number of fused-ring (bicyclic) bond motifs is 2. The Balaban J connectivity index is 0.000000179. The number of rotatable bonds is 10. The van der Waals surface area contributed by atoms with Crippen LogP contribution < -0.4 is 19.3 Å². The minimum atomic E-state index is -1.08. The zero-order valence-electron chi connectivity index (χ0n) is 35.2. The fourth-order valence-electron chi connectivity index (χ4n) is 7.08. The number of ether oxygens (including phenoxy) is 3. The lowest BCUT2D eigenvalue weighted by molar-refractivity contribution is -0.144. The van der Waals surface area contributed by atoms with E-state index in [9.17, 15) is 18.8 Å². The van der Waals surface area contributed by atoms with E-state index in [1.165, 1.54) is 33.5 Å². The van der Waals surface area contributed by atoms with Gasteiger partial charge in [0.25, 0.3) is 11.8 Å². The van der Waals surface area contributed by atoms with Gasteiger partial charge in [-0.05, 0) is 68.9 Å². The zero-order valence-corrected chi connectivity index (χ0v) is 38.3. The number of furan rings is 1. The van der Waals surface area contributed by atoms with Crippen molar-refractivity contribution in [3.8, 4) is 18.1 Å². The number of hydrogen-bond donors (Lipinski definition) is 0. The van der Waals surface area contributed by atoms with E-state index in [2.05, 4.69) is 36.1 Å². The van der Waals surface area contributed by atoms with Crippen molar-refractivity contribution in [2.45, 2.75) is 84.5 Å². The summed E-state index contributed by atoms with van der Waals surface area (Å²) in [5.74, 6) is 3.09. The lowest BCUT2D eigenvalue weighted by atomic mass is 9.92. The number of carbonyl (C=O) groups is 3. The molecule has 3 aliphatic rings. The first-order chi connectivity index (χ1) is 28.9. The van der Waals surface area contributed by atoms with Gasteiger partial charge < -0.3 is 28.1 Å². The summed E-state index contributed by atoms with van der Waals surface area (Å²) in [6.45, 7) is 15.8. The van der Waals surface area contributed by atoms with Crippen molar-refractivity contribution in [1.82, 2.24) is 13.8 Å². The van der Waals surface area contributed by atoms with Crippen LogP contribution in [0.3, 0.4) is 0 Å². The molecule has 1 saturated heterocycles. The maximum absolute atomic E-state index is 14.5. The molecular weight excluding hydrogens is 870 g/mol. The van der Waals surface area contributed by atoms with Crippen LogP contribution in [0.15, 0.2) is 58.1 Å².